The van der Waals surface area contributed by atoms with Gasteiger partial charge in [0.05, 0.1) is 7.11 Å². The number of methoxy groups -OCH3 is 1. The molecule has 0 aliphatic rings. The van der Waals surface area contributed by atoms with Crippen molar-refractivity contribution in [1.29, 1.82) is 0 Å². The normalized spacial score (nSPS) is 8.42. The smallest absolute Gasteiger partial charge is 0.122 e. The molecule has 0 aliphatic carbocycles. The van der Waals surface area contributed by atoms with Gasteiger partial charge >= 0.3 is 0 Å². The van der Waals surface area contributed by atoms with Crippen molar-refractivity contribution < 1.29 is 4.74 Å². The molecule has 0 unspecified atom stereocenters. The molecular formula is C11H18O. The summed E-state index contributed by atoms with van der Waals surface area (Å²) in [6.07, 6.45) is 0. The SMILES string of the molecule is CC.COc1cc(C)ccc1C. The van der Waals surface area contributed by atoms with Gasteiger partial charge < -0.3 is 4.74 Å². The second kappa shape index (κ2) is 5.64. The van der Waals surface area contributed by atoms with Crippen molar-refractivity contribution in [1.82, 2.24) is 0 Å². The van der Waals surface area contributed by atoms with E-state index in [0.717, 1.165) is 5.75 Å². The second-order valence-corrected chi connectivity index (χ2v) is 2.47. The third kappa shape index (κ3) is 2.95. The largest absolute Gasteiger partial charge is 0.496 e. The Morgan fingerprint density at radius 2 is 1.67 bits per heavy atom. The molecule has 0 amide bonds. The Bertz CT molecular complexity index is 228. The van der Waals surface area contributed by atoms with E-state index in [-0.39, 0.29) is 0 Å². The number of benzene rings is 1. The first-order valence-corrected chi connectivity index (χ1v) is 4.35. The summed E-state index contributed by atoms with van der Waals surface area (Å²) in [5.74, 6) is 0.972. The fourth-order valence-electron chi connectivity index (χ4n) is 0.927. The molecule has 1 nitrogen and oxygen atoms in total. The van der Waals surface area contributed by atoms with Gasteiger partial charge in [0.1, 0.15) is 5.75 Å². The fourth-order valence-corrected chi connectivity index (χ4v) is 0.927. The fraction of sp³-hybridized carbons (Fsp3) is 0.455. The maximum atomic E-state index is 5.13. The number of rotatable bonds is 1. The van der Waals surface area contributed by atoms with Crippen LogP contribution in [0.15, 0.2) is 18.2 Å². The van der Waals surface area contributed by atoms with Gasteiger partial charge in [0, 0.05) is 0 Å². The van der Waals surface area contributed by atoms with Gasteiger partial charge in [0.25, 0.3) is 0 Å². The lowest BCUT2D eigenvalue weighted by Crippen LogP contribution is -1.86. The van der Waals surface area contributed by atoms with Gasteiger partial charge in [-0.3, -0.25) is 0 Å². The molecule has 0 atom stereocenters. The standard InChI is InChI=1S/C9H12O.C2H6/c1-7-4-5-8(2)9(6-7)10-3;1-2/h4-6H,1-3H3;1-2H3. The van der Waals surface area contributed by atoms with E-state index in [4.69, 9.17) is 4.74 Å². The quantitative estimate of drug-likeness (QED) is 0.621. The molecule has 0 fully saturated rings. The molecule has 1 heteroatoms. The number of ether oxygens (including phenoxy) is 1. The van der Waals surface area contributed by atoms with Crippen molar-refractivity contribution in [2.24, 2.45) is 0 Å². The average molecular weight is 166 g/mol. The molecule has 0 bridgehead atoms. The molecule has 0 spiro atoms. The summed E-state index contributed by atoms with van der Waals surface area (Å²) in [4.78, 5) is 0. The second-order valence-electron chi connectivity index (χ2n) is 2.47. The molecule has 0 saturated heterocycles. The molecule has 0 aliphatic heterocycles. The minimum absolute atomic E-state index is 0.972. The Balaban J connectivity index is 0.000000561. The molecule has 12 heavy (non-hydrogen) atoms. The highest BCUT2D eigenvalue weighted by Crippen LogP contribution is 2.17. The first kappa shape index (κ1) is 11.0. The lowest BCUT2D eigenvalue weighted by molar-refractivity contribution is 0.411. The van der Waals surface area contributed by atoms with Crippen LogP contribution in [0.25, 0.3) is 0 Å². The molecule has 68 valence electrons. The zero-order valence-corrected chi connectivity index (χ0v) is 8.64. The molecule has 0 N–H and O–H groups in total. The van der Waals surface area contributed by atoms with Gasteiger partial charge in [-0.05, 0) is 31.0 Å². The van der Waals surface area contributed by atoms with Crippen LogP contribution in [0.3, 0.4) is 0 Å². The van der Waals surface area contributed by atoms with Crippen molar-refractivity contribution in [2.75, 3.05) is 7.11 Å². The number of hydrogen-bond donors (Lipinski definition) is 0. The Morgan fingerprint density at radius 1 is 1.08 bits per heavy atom. The average Bonchev–Trinajstić information content (AvgIpc) is 2.13. The monoisotopic (exact) mass is 166 g/mol. The first-order chi connectivity index (χ1) is 5.74. The third-order valence-electron chi connectivity index (χ3n) is 1.56. The number of aryl methyl sites for hydroxylation is 2. The van der Waals surface area contributed by atoms with E-state index in [9.17, 15) is 0 Å². The summed E-state index contributed by atoms with van der Waals surface area (Å²) < 4.78 is 5.13. The van der Waals surface area contributed by atoms with E-state index in [1.54, 1.807) is 7.11 Å². The Kier molecular flexibility index (Phi) is 5.18. The lowest BCUT2D eigenvalue weighted by Gasteiger charge is -2.03. The molecule has 1 rings (SSSR count). The van der Waals surface area contributed by atoms with E-state index in [1.165, 1.54) is 11.1 Å². The summed E-state index contributed by atoms with van der Waals surface area (Å²) in [7, 11) is 1.70. The maximum absolute atomic E-state index is 5.13. The minimum Gasteiger partial charge on any atom is -0.496 e. The number of hydrogen-bond acceptors (Lipinski definition) is 1. The summed E-state index contributed by atoms with van der Waals surface area (Å²) in [6.45, 7) is 8.10. The minimum atomic E-state index is 0.972. The molecular weight excluding hydrogens is 148 g/mol. The Hall–Kier alpha value is -0.980. The van der Waals surface area contributed by atoms with Crippen LogP contribution in [-0.4, -0.2) is 7.11 Å². The molecule has 0 heterocycles. The van der Waals surface area contributed by atoms with E-state index in [2.05, 4.69) is 19.1 Å². The van der Waals surface area contributed by atoms with Crippen LogP contribution in [0.2, 0.25) is 0 Å². The van der Waals surface area contributed by atoms with E-state index < -0.39 is 0 Å². The Labute approximate surface area is 75.4 Å². The van der Waals surface area contributed by atoms with Gasteiger partial charge in [0.15, 0.2) is 0 Å². The summed E-state index contributed by atoms with van der Waals surface area (Å²) in [5, 5.41) is 0. The zero-order valence-electron chi connectivity index (χ0n) is 8.64. The van der Waals surface area contributed by atoms with Gasteiger partial charge in [-0.1, -0.05) is 26.0 Å². The van der Waals surface area contributed by atoms with Crippen LogP contribution < -0.4 is 4.74 Å². The van der Waals surface area contributed by atoms with Crippen molar-refractivity contribution in [2.45, 2.75) is 27.7 Å². The highest BCUT2D eigenvalue weighted by molar-refractivity contribution is 5.35. The highest BCUT2D eigenvalue weighted by Gasteiger charge is 1.94. The van der Waals surface area contributed by atoms with Gasteiger partial charge in [-0.15, -0.1) is 0 Å². The van der Waals surface area contributed by atoms with Crippen molar-refractivity contribution in [3.05, 3.63) is 29.3 Å². The van der Waals surface area contributed by atoms with Crippen LogP contribution in [0.5, 0.6) is 5.75 Å². The van der Waals surface area contributed by atoms with Crippen LogP contribution in [0.1, 0.15) is 25.0 Å². The van der Waals surface area contributed by atoms with Crippen molar-refractivity contribution in [3.63, 3.8) is 0 Å². The summed E-state index contributed by atoms with van der Waals surface area (Å²) >= 11 is 0. The lowest BCUT2D eigenvalue weighted by atomic mass is 10.1. The predicted octanol–water partition coefficient (Wildman–Crippen LogP) is 3.34. The summed E-state index contributed by atoms with van der Waals surface area (Å²) in [6, 6.07) is 6.18. The van der Waals surface area contributed by atoms with Crippen LogP contribution in [0.4, 0.5) is 0 Å². The third-order valence-corrected chi connectivity index (χ3v) is 1.56. The van der Waals surface area contributed by atoms with Gasteiger partial charge in [-0.25, -0.2) is 0 Å². The molecule has 1 aromatic rings. The zero-order chi connectivity index (χ0) is 9.56. The highest BCUT2D eigenvalue weighted by atomic mass is 16.5. The van der Waals surface area contributed by atoms with Crippen molar-refractivity contribution in [3.8, 4) is 5.75 Å². The Morgan fingerprint density at radius 3 is 2.08 bits per heavy atom. The summed E-state index contributed by atoms with van der Waals surface area (Å²) in [5.41, 5.74) is 2.43. The van der Waals surface area contributed by atoms with Crippen LogP contribution in [-0.2, 0) is 0 Å². The first-order valence-electron chi connectivity index (χ1n) is 4.35. The van der Waals surface area contributed by atoms with Crippen LogP contribution >= 0.6 is 0 Å². The maximum Gasteiger partial charge on any atom is 0.122 e. The topological polar surface area (TPSA) is 9.23 Å². The predicted molar refractivity (Wildman–Crippen MR) is 53.8 cm³/mol. The van der Waals surface area contributed by atoms with E-state index >= 15 is 0 Å². The molecule has 1 aromatic carbocycles. The van der Waals surface area contributed by atoms with Crippen LogP contribution in [0, 0.1) is 13.8 Å². The molecule has 0 saturated carbocycles. The molecule has 0 aromatic heterocycles. The van der Waals surface area contributed by atoms with Crippen molar-refractivity contribution >= 4 is 0 Å². The van der Waals surface area contributed by atoms with E-state index in [1.807, 2.05) is 26.8 Å². The van der Waals surface area contributed by atoms with E-state index in [0.29, 0.717) is 0 Å². The van der Waals surface area contributed by atoms with Gasteiger partial charge in [-0.2, -0.15) is 0 Å². The van der Waals surface area contributed by atoms with Gasteiger partial charge in [0.2, 0.25) is 0 Å². The molecule has 0 radical (unpaired) electrons.